The summed E-state index contributed by atoms with van der Waals surface area (Å²) < 4.78 is 11.6. The van der Waals surface area contributed by atoms with Gasteiger partial charge < -0.3 is 19.3 Å². The van der Waals surface area contributed by atoms with Gasteiger partial charge in [-0.2, -0.15) is 5.26 Å². The van der Waals surface area contributed by atoms with E-state index in [2.05, 4.69) is 11.0 Å². The van der Waals surface area contributed by atoms with Crippen molar-refractivity contribution in [3.8, 4) is 11.8 Å². The highest BCUT2D eigenvalue weighted by atomic mass is 35.5. The summed E-state index contributed by atoms with van der Waals surface area (Å²) >= 11 is 19.6. The zero-order chi connectivity index (χ0) is 36.3. The normalized spacial score (nSPS) is 19.9. The van der Waals surface area contributed by atoms with E-state index in [1.54, 1.807) is 30.9 Å². The third kappa shape index (κ3) is 7.98. The van der Waals surface area contributed by atoms with Crippen LogP contribution in [0.15, 0.2) is 65.7 Å². The van der Waals surface area contributed by atoms with E-state index in [1.165, 1.54) is 0 Å². The Bertz CT molecular complexity index is 1810. The lowest BCUT2D eigenvalue weighted by atomic mass is 9.85. The Kier molecular flexibility index (Phi) is 11.4. The molecule has 13 heteroatoms. The van der Waals surface area contributed by atoms with Crippen molar-refractivity contribution in [2.45, 2.75) is 38.3 Å². The largest absolute Gasteiger partial charge is 0.493 e. The molecule has 0 radical (unpaired) electrons. The van der Waals surface area contributed by atoms with E-state index < -0.39 is 17.5 Å². The molecule has 3 aliphatic heterocycles. The minimum absolute atomic E-state index is 0.0732. The van der Waals surface area contributed by atoms with Gasteiger partial charge in [-0.1, -0.05) is 59.1 Å². The molecule has 0 unspecified atom stereocenters. The third-order valence-corrected chi connectivity index (χ3v) is 10.4. The van der Waals surface area contributed by atoms with Crippen LogP contribution in [-0.2, 0) is 14.9 Å². The van der Waals surface area contributed by atoms with E-state index in [0.29, 0.717) is 103 Å². The zero-order valence-electron chi connectivity index (χ0n) is 28.9. The zero-order valence-corrected chi connectivity index (χ0v) is 31.2. The van der Waals surface area contributed by atoms with Gasteiger partial charge in [0.05, 0.1) is 49.5 Å². The molecule has 3 amide bonds. The third-order valence-electron chi connectivity index (χ3n) is 9.62. The van der Waals surface area contributed by atoms with Crippen molar-refractivity contribution < 1.29 is 19.1 Å². The van der Waals surface area contributed by atoms with E-state index in [9.17, 15) is 14.9 Å². The Morgan fingerprint density at radius 1 is 0.902 bits per heavy atom. The number of ether oxygens (including phenoxy) is 2. The molecule has 2 fully saturated rings. The van der Waals surface area contributed by atoms with E-state index in [-0.39, 0.29) is 11.9 Å². The molecule has 0 aromatic heterocycles. The number of rotatable bonds is 8. The standard InChI is InChI=1S/C38H41Cl3N6O4/c1-4-51-32-22-30(38(2,3)24-42)31(41)21-29(32)36-43-34(25-5-9-27(39)10-6-25)35(26-7-11-28(40)12-8-26)47(36)37(49)46-15-13-44(14-16-46)23-33(48)45-17-19-50-20-18-45/h5-12,21-22,34-35H,4,13-20,23H2,1-3H3/t34-,35+/m0/s1. The molecule has 0 N–H and O–H groups in total. The number of carbonyl (C=O) groups is 2. The fraction of sp³-hybridized carbons (Fsp3) is 0.421. The number of hydrogen-bond acceptors (Lipinski definition) is 7. The lowest BCUT2D eigenvalue weighted by molar-refractivity contribution is -0.136. The summed E-state index contributed by atoms with van der Waals surface area (Å²) in [5.74, 6) is 0.940. The van der Waals surface area contributed by atoms with Crippen LogP contribution in [0.3, 0.4) is 0 Å². The highest BCUT2D eigenvalue weighted by Crippen LogP contribution is 2.46. The number of benzene rings is 3. The molecule has 0 aliphatic carbocycles. The summed E-state index contributed by atoms with van der Waals surface area (Å²) in [7, 11) is 0. The average molecular weight is 752 g/mol. The van der Waals surface area contributed by atoms with Crippen LogP contribution in [0, 0.1) is 11.3 Å². The van der Waals surface area contributed by atoms with Crippen molar-refractivity contribution in [3.63, 3.8) is 0 Å². The predicted octanol–water partition coefficient (Wildman–Crippen LogP) is 6.99. The molecule has 51 heavy (non-hydrogen) atoms. The van der Waals surface area contributed by atoms with Gasteiger partial charge in [-0.3, -0.25) is 19.6 Å². The van der Waals surface area contributed by atoms with E-state index >= 15 is 0 Å². The second-order valence-electron chi connectivity index (χ2n) is 13.4. The van der Waals surface area contributed by atoms with Gasteiger partial charge in [0.1, 0.15) is 17.6 Å². The summed E-state index contributed by atoms with van der Waals surface area (Å²) in [5.41, 5.74) is 1.96. The fourth-order valence-corrected chi connectivity index (χ4v) is 7.40. The van der Waals surface area contributed by atoms with Crippen LogP contribution in [0.2, 0.25) is 15.1 Å². The SMILES string of the molecule is CCOc1cc(C(C)(C)C#N)c(Cl)cc1C1=N[C@@H](c2ccc(Cl)cc2)[C@@H](c2ccc(Cl)cc2)N1C(=O)N1CCN(CC(=O)N2CCOCC2)CC1. The first kappa shape index (κ1) is 36.9. The summed E-state index contributed by atoms with van der Waals surface area (Å²) in [4.78, 5) is 40.7. The van der Waals surface area contributed by atoms with Crippen molar-refractivity contribution in [1.82, 2.24) is 19.6 Å². The van der Waals surface area contributed by atoms with Crippen LogP contribution >= 0.6 is 34.8 Å². The lowest BCUT2D eigenvalue weighted by Gasteiger charge is -2.39. The lowest BCUT2D eigenvalue weighted by Crippen LogP contribution is -2.56. The van der Waals surface area contributed by atoms with Crippen LogP contribution < -0.4 is 4.74 Å². The number of amides is 3. The smallest absolute Gasteiger partial charge is 0.326 e. The number of nitriles is 1. The number of piperazine rings is 1. The second-order valence-corrected chi connectivity index (χ2v) is 14.6. The second kappa shape index (κ2) is 15.8. The number of urea groups is 1. The maximum atomic E-state index is 15.0. The van der Waals surface area contributed by atoms with Crippen molar-refractivity contribution in [3.05, 3.63) is 98.0 Å². The van der Waals surface area contributed by atoms with Gasteiger partial charge in [0, 0.05) is 54.3 Å². The number of amidine groups is 1. The molecule has 3 aliphatic rings. The highest BCUT2D eigenvalue weighted by molar-refractivity contribution is 6.32. The molecule has 2 saturated heterocycles. The quantitative estimate of drug-likeness (QED) is 0.246. The van der Waals surface area contributed by atoms with Gasteiger partial charge in [0.25, 0.3) is 0 Å². The number of morpholine rings is 1. The van der Waals surface area contributed by atoms with Crippen molar-refractivity contribution in [2.75, 3.05) is 65.6 Å². The van der Waals surface area contributed by atoms with Crippen LogP contribution in [-0.4, -0.2) is 103 Å². The van der Waals surface area contributed by atoms with Gasteiger partial charge >= 0.3 is 6.03 Å². The monoisotopic (exact) mass is 750 g/mol. The molecule has 3 aromatic carbocycles. The minimum Gasteiger partial charge on any atom is -0.493 e. The molecule has 0 bridgehead atoms. The van der Waals surface area contributed by atoms with Gasteiger partial charge in [0.15, 0.2) is 0 Å². The highest BCUT2D eigenvalue weighted by Gasteiger charge is 2.45. The predicted molar refractivity (Wildman–Crippen MR) is 199 cm³/mol. The summed E-state index contributed by atoms with van der Waals surface area (Å²) in [6, 6.07) is 19.5. The molecule has 0 spiro atoms. The molecule has 0 saturated carbocycles. The first-order chi connectivity index (χ1) is 24.5. The van der Waals surface area contributed by atoms with Crippen LogP contribution in [0.4, 0.5) is 4.79 Å². The van der Waals surface area contributed by atoms with E-state index in [4.69, 9.17) is 49.3 Å². The number of hydrogen-bond donors (Lipinski definition) is 0. The maximum absolute atomic E-state index is 15.0. The summed E-state index contributed by atoms with van der Waals surface area (Å²) in [5, 5.41) is 11.5. The Balaban J connectivity index is 1.40. The molecule has 3 aromatic rings. The molecule has 2 atom stereocenters. The van der Waals surface area contributed by atoms with E-state index in [1.807, 2.05) is 65.3 Å². The Hall–Kier alpha value is -3.85. The molecule has 10 nitrogen and oxygen atoms in total. The number of aliphatic imine (C=N–C) groups is 1. The maximum Gasteiger partial charge on any atom is 0.326 e. The first-order valence-corrected chi connectivity index (χ1v) is 18.3. The molecular formula is C38H41Cl3N6O4. The number of carbonyl (C=O) groups excluding carboxylic acids is 2. The minimum atomic E-state index is -0.894. The summed E-state index contributed by atoms with van der Waals surface area (Å²) in [6.45, 7) is 10.3. The molecular weight excluding hydrogens is 711 g/mol. The molecule has 268 valence electrons. The van der Waals surface area contributed by atoms with Gasteiger partial charge in [0.2, 0.25) is 5.91 Å². The number of nitrogens with zero attached hydrogens (tertiary/aromatic N) is 6. The van der Waals surface area contributed by atoms with E-state index in [0.717, 1.165) is 11.1 Å². The average Bonchev–Trinajstić information content (AvgIpc) is 3.53. The Morgan fingerprint density at radius 2 is 1.51 bits per heavy atom. The van der Waals surface area contributed by atoms with Crippen LogP contribution in [0.5, 0.6) is 5.75 Å². The Labute approximate surface area is 314 Å². The van der Waals surface area contributed by atoms with Gasteiger partial charge in [-0.05, 0) is 73.9 Å². The fourth-order valence-electron chi connectivity index (χ4n) is 6.75. The summed E-state index contributed by atoms with van der Waals surface area (Å²) in [6.07, 6.45) is 0. The van der Waals surface area contributed by atoms with Crippen LogP contribution in [0.25, 0.3) is 0 Å². The topological polar surface area (TPSA) is 102 Å². The van der Waals surface area contributed by atoms with Gasteiger partial charge in [-0.15, -0.1) is 0 Å². The van der Waals surface area contributed by atoms with Crippen LogP contribution in [0.1, 0.15) is 55.1 Å². The number of halogens is 3. The Morgan fingerprint density at radius 3 is 2.10 bits per heavy atom. The van der Waals surface area contributed by atoms with Crippen molar-refractivity contribution in [1.29, 1.82) is 5.26 Å². The first-order valence-electron chi connectivity index (χ1n) is 17.1. The molecule has 3 heterocycles. The van der Waals surface area contributed by atoms with Crippen molar-refractivity contribution >= 4 is 52.6 Å². The molecule has 6 rings (SSSR count). The van der Waals surface area contributed by atoms with Gasteiger partial charge in [-0.25, -0.2) is 4.79 Å². The van der Waals surface area contributed by atoms with Crippen molar-refractivity contribution in [2.24, 2.45) is 4.99 Å².